The van der Waals surface area contributed by atoms with Crippen LogP contribution in [0.25, 0.3) is 0 Å². The van der Waals surface area contributed by atoms with Crippen LogP contribution in [0.1, 0.15) is 27.2 Å². The van der Waals surface area contributed by atoms with Crippen molar-refractivity contribution in [3.8, 4) is 0 Å². The molecule has 0 heterocycles. The van der Waals surface area contributed by atoms with Crippen molar-refractivity contribution in [3.63, 3.8) is 0 Å². The number of nitrogens with zero attached hydrogens (tertiary/aromatic N) is 1. The first-order valence-electron chi connectivity index (χ1n) is 5.80. The van der Waals surface area contributed by atoms with Crippen LogP contribution < -0.4 is 15.8 Å². The monoisotopic (exact) mass is 280 g/mol. The highest BCUT2D eigenvalue weighted by molar-refractivity contribution is 7.87. The van der Waals surface area contributed by atoms with E-state index in [1.165, 1.54) is 7.05 Å². The molecule has 0 saturated carbocycles. The highest BCUT2D eigenvalue weighted by Gasteiger charge is 2.19. The van der Waals surface area contributed by atoms with Crippen molar-refractivity contribution < 1.29 is 13.2 Å². The van der Waals surface area contributed by atoms with E-state index in [0.29, 0.717) is 19.5 Å². The Balaban J connectivity index is 4.23. The predicted octanol–water partition coefficient (Wildman–Crippen LogP) is -0.984. The fraction of sp³-hybridized carbons (Fsp3) is 0.900. The standard InChI is InChI=1S/C10H24N4O3S/c1-10(2,3)13-9(15)8-12-18(16,17)14(4)7-5-6-11/h12H,5-8,11H2,1-4H3,(H,13,15). The van der Waals surface area contributed by atoms with E-state index in [2.05, 4.69) is 10.0 Å². The van der Waals surface area contributed by atoms with Crippen molar-refractivity contribution >= 4 is 16.1 Å². The molecule has 0 unspecified atom stereocenters. The van der Waals surface area contributed by atoms with Gasteiger partial charge in [0.15, 0.2) is 0 Å². The predicted molar refractivity (Wildman–Crippen MR) is 71.1 cm³/mol. The highest BCUT2D eigenvalue weighted by atomic mass is 32.2. The second-order valence-corrected chi connectivity index (χ2v) is 6.95. The molecular formula is C10H24N4O3S. The SMILES string of the molecule is CN(CCCN)S(=O)(=O)NCC(=O)NC(C)(C)C. The molecule has 18 heavy (non-hydrogen) atoms. The first kappa shape index (κ1) is 17.3. The molecule has 0 atom stereocenters. The van der Waals surface area contributed by atoms with Crippen molar-refractivity contribution in [3.05, 3.63) is 0 Å². The van der Waals surface area contributed by atoms with Crippen LogP contribution in [-0.2, 0) is 15.0 Å². The van der Waals surface area contributed by atoms with Gasteiger partial charge in [-0.25, -0.2) is 0 Å². The van der Waals surface area contributed by atoms with E-state index < -0.39 is 10.2 Å². The molecule has 0 saturated heterocycles. The Bertz CT molecular complexity index is 362. The third kappa shape index (κ3) is 7.59. The molecule has 4 N–H and O–H groups in total. The lowest BCUT2D eigenvalue weighted by atomic mass is 10.1. The highest BCUT2D eigenvalue weighted by Crippen LogP contribution is 1.98. The molecule has 0 aliphatic carbocycles. The topological polar surface area (TPSA) is 105 Å². The second kappa shape index (κ2) is 7.03. The molecule has 0 spiro atoms. The average molecular weight is 280 g/mol. The van der Waals surface area contributed by atoms with Crippen molar-refractivity contribution in [2.24, 2.45) is 5.73 Å². The van der Waals surface area contributed by atoms with Crippen LogP contribution in [0.15, 0.2) is 0 Å². The summed E-state index contributed by atoms with van der Waals surface area (Å²) >= 11 is 0. The minimum absolute atomic E-state index is 0.271. The van der Waals surface area contributed by atoms with E-state index >= 15 is 0 Å². The Hall–Kier alpha value is -0.700. The third-order valence-corrected chi connectivity index (χ3v) is 3.53. The van der Waals surface area contributed by atoms with Crippen molar-refractivity contribution in [1.82, 2.24) is 14.3 Å². The Morgan fingerprint density at radius 1 is 1.33 bits per heavy atom. The van der Waals surface area contributed by atoms with Crippen LogP contribution >= 0.6 is 0 Å². The summed E-state index contributed by atoms with van der Waals surface area (Å²) in [4.78, 5) is 11.5. The minimum Gasteiger partial charge on any atom is -0.350 e. The lowest BCUT2D eigenvalue weighted by Crippen LogP contribution is -2.48. The number of carbonyl (C=O) groups excluding carboxylic acids is 1. The van der Waals surface area contributed by atoms with Crippen molar-refractivity contribution in [2.75, 3.05) is 26.7 Å². The molecule has 0 aromatic carbocycles. The number of hydrogen-bond donors (Lipinski definition) is 3. The zero-order chi connectivity index (χ0) is 14.4. The van der Waals surface area contributed by atoms with Gasteiger partial charge in [-0.2, -0.15) is 17.4 Å². The summed E-state index contributed by atoms with van der Waals surface area (Å²) < 4.78 is 26.8. The largest absolute Gasteiger partial charge is 0.350 e. The van der Waals surface area contributed by atoms with Gasteiger partial charge in [0, 0.05) is 19.1 Å². The first-order chi connectivity index (χ1) is 8.08. The molecule has 7 nitrogen and oxygen atoms in total. The fourth-order valence-electron chi connectivity index (χ4n) is 1.16. The van der Waals surface area contributed by atoms with E-state index in [1.54, 1.807) is 0 Å². The van der Waals surface area contributed by atoms with Crippen LogP contribution in [-0.4, -0.2) is 50.9 Å². The molecule has 0 aromatic rings. The fourth-order valence-corrected chi connectivity index (χ4v) is 2.07. The van der Waals surface area contributed by atoms with Gasteiger partial charge in [0.25, 0.3) is 10.2 Å². The van der Waals surface area contributed by atoms with E-state index in [1.807, 2.05) is 20.8 Å². The van der Waals surface area contributed by atoms with Crippen LogP contribution in [0.3, 0.4) is 0 Å². The van der Waals surface area contributed by atoms with Gasteiger partial charge in [0.2, 0.25) is 5.91 Å². The van der Waals surface area contributed by atoms with E-state index in [9.17, 15) is 13.2 Å². The number of rotatable bonds is 7. The van der Waals surface area contributed by atoms with Crippen LogP contribution in [0, 0.1) is 0 Å². The summed E-state index contributed by atoms with van der Waals surface area (Å²) in [5, 5.41) is 2.67. The summed E-state index contributed by atoms with van der Waals surface area (Å²) in [6, 6.07) is 0. The van der Waals surface area contributed by atoms with Gasteiger partial charge in [-0.05, 0) is 33.7 Å². The zero-order valence-electron chi connectivity index (χ0n) is 11.5. The zero-order valence-corrected chi connectivity index (χ0v) is 12.3. The maximum atomic E-state index is 11.7. The van der Waals surface area contributed by atoms with Gasteiger partial charge in [-0.1, -0.05) is 0 Å². The second-order valence-electron chi connectivity index (χ2n) is 5.09. The quantitative estimate of drug-likeness (QED) is 0.557. The average Bonchev–Trinajstić information content (AvgIpc) is 2.20. The van der Waals surface area contributed by atoms with Crippen molar-refractivity contribution in [2.45, 2.75) is 32.7 Å². The smallest absolute Gasteiger partial charge is 0.279 e. The Kier molecular flexibility index (Phi) is 6.76. The van der Waals surface area contributed by atoms with Crippen LogP contribution in [0.2, 0.25) is 0 Å². The maximum Gasteiger partial charge on any atom is 0.279 e. The Labute approximate surface area is 109 Å². The molecular weight excluding hydrogens is 256 g/mol. The van der Waals surface area contributed by atoms with Gasteiger partial charge in [-0.15, -0.1) is 0 Å². The molecule has 108 valence electrons. The summed E-state index contributed by atoms with van der Waals surface area (Å²) in [6.07, 6.45) is 0.575. The summed E-state index contributed by atoms with van der Waals surface area (Å²) in [5.74, 6) is -0.363. The Morgan fingerprint density at radius 2 is 1.89 bits per heavy atom. The summed E-state index contributed by atoms with van der Waals surface area (Å²) in [5.41, 5.74) is 4.92. The molecule has 0 bridgehead atoms. The normalized spacial score (nSPS) is 12.8. The van der Waals surface area contributed by atoms with Gasteiger partial charge >= 0.3 is 0 Å². The van der Waals surface area contributed by atoms with Crippen LogP contribution in [0.5, 0.6) is 0 Å². The molecule has 0 aromatic heterocycles. The summed E-state index contributed by atoms with van der Waals surface area (Å²) in [6.45, 7) is 5.95. The number of nitrogens with one attached hydrogen (secondary N) is 2. The molecule has 0 radical (unpaired) electrons. The lowest BCUT2D eigenvalue weighted by Gasteiger charge is -2.21. The van der Waals surface area contributed by atoms with Gasteiger partial charge in [0.1, 0.15) is 0 Å². The number of carbonyl (C=O) groups is 1. The molecule has 8 heteroatoms. The van der Waals surface area contributed by atoms with Crippen LogP contribution in [0.4, 0.5) is 0 Å². The first-order valence-corrected chi connectivity index (χ1v) is 7.24. The minimum atomic E-state index is -3.62. The van der Waals surface area contributed by atoms with E-state index in [0.717, 1.165) is 4.31 Å². The van der Waals surface area contributed by atoms with Gasteiger partial charge < -0.3 is 11.1 Å². The van der Waals surface area contributed by atoms with E-state index in [-0.39, 0.29) is 18.0 Å². The lowest BCUT2D eigenvalue weighted by molar-refractivity contribution is -0.121. The number of amides is 1. The van der Waals surface area contributed by atoms with E-state index in [4.69, 9.17) is 5.73 Å². The molecule has 0 aliphatic heterocycles. The summed E-state index contributed by atoms with van der Waals surface area (Å²) in [7, 11) is -2.17. The molecule has 0 rings (SSSR count). The molecule has 0 aliphatic rings. The van der Waals surface area contributed by atoms with Gasteiger partial charge in [-0.3, -0.25) is 4.79 Å². The Morgan fingerprint density at radius 3 is 2.33 bits per heavy atom. The molecule has 1 amide bonds. The third-order valence-electron chi connectivity index (χ3n) is 2.02. The molecule has 0 fully saturated rings. The number of nitrogens with two attached hydrogens (primary N) is 1. The number of hydrogen-bond acceptors (Lipinski definition) is 4. The maximum absolute atomic E-state index is 11.7. The van der Waals surface area contributed by atoms with Crippen molar-refractivity contribution in [1.29, 1.82) is 0 Å². The van der Waals surface area contributed by atoms with Gasteiger partial charge in [0.05, 0.1) is 6.54 Å².